The number of nitrogens with two attached hydrogens (primary N) is 1. The Morgan fingerprint density at radius 1 is 1.38 bits per heavy atom. The summed E-state index contributed by atoms with van der Waals surface area (Å²) in [4.78, 5) is 18.9. The second-order valence-corrected chi connectivity index (χ2v) is 3.79. The lowest BCUT2D eigenvalue weighted by Gasteiger charge is -2.06. The molecule has 0 spiro atoms. The largest absolute Gasteiger partial charge is 0.370 e. The molecule has 0 aliphatic rings. The van der Waals surface area contributed by atoms with Crippen LogP contribution in [0.4, 0.5) is 5.82 Å². The Bertz CT molecular complexity index is 345. The molecule has 0 radical (unpaired) electrons. The summed E-state index contributed by atoms with van der Waals surface area (Å²) in [6, 6.07) is 1.90. The van der Waals surface area contributed by atoms with Crippen LogP contribution in [0.5, 0.6) is 0 Å². The van der Waals surface area contributed by atoms with Gasteiger partial charge in [-0.2, -0.15) is 0 Å². The van der Waals surface area contributed by atoms with Crippen LogP contribution in [0.3, 0.4) is 0 Å². The van der Waals surface area contributed by atoms with E-state index in [0.29, 0.717) is 6.42 Å². The smallest absolute Gasteiger partial charge is 0.217 e. The third kappa shape index (κ3) is 4.72. The average Bonchev–Trinajstić information content (AvgIpc) is 2.15. The van der Waals surface area contributed by atoms with E-state index in [0.717, 1.165) is 36.7 Å². The summed E-state index contributed by atoms with van der Waals surface area (Å²) in [5, 5.41) is 3.20. The summed E-state index contributed by atoms with van der Waals surface area (Å²) in [7, 11) is 0. The molecule has 0 aliphatic carbocycles. The number of nitrogens with one attached hydrogen (secondary N) is 1. The van der Waals surface area contributed by atoms with E-state index in [9.17, 15) is 4.79 Å². The van der Waals surface area contributed by atoms with Crippen molar-refractivity contribution >= 4 is 11.7 Å². The SMILES string of the molecule is Cc1cc(NCCCCC(N)=O)nc(C)n1. The fourth-order valence-corrected chi connectivity index (χ4v) is 1.45. The second kappa shape index (κ2) is 6.05. The standard InChI is InChI=1S/C11H18N4O/c1-8-7-11(15-9(2)14-8)13-6-4-3-5-10(12)16/h7H,3-6H2,1-2H3,(H2,12,16)(H,13,14,15). The maximum Gasteiger partial charge on any atom is 0.217 e. The lowest BCUT2D eigenvalue weighted by molar-refractivity contribution is -0.118. The number of anilines is 1. The van der Waals surface area contributed by atoms with Gasteiger partial charge in [-0.05, 0) is 26.7 Å². The van der Waals surface area contributed by atoms with Crippen LogP contribution in [0.1, 0.15) is 30.8 Å². The Labute approximate surface area is 95.5 Å². The number of carbonyl (C=O) groups is 1. The molecule has 0 aliphatic heterocycles. The van der Waals surface area contributed by atoms with Gasteiger partial charge in [0, 0.05) is 24.7 Å². The number of amides is 1. The van der Waals surface area contributed by atoms with Crippen molar-refractivity contribution in [3.8, 4) is 0 Å². The van der Waals surface area contributed by atoms with Gasteiger partial charge in [0.1, 0.15) is 11.6 Å². The Kier molecular flexibility index (Phi) is 4.69. The van der Waals surface area contributed by atoms with Gasteiger partial charge in [0.2, 0.25) is 5.91 Å². The quantitative estimate of drug-likeness (QED) is 0.708. The summed E-state index contributed by atoms with van der Waals surface area (Å²) in [6.07, 6.45) is 2.17. The Hall–Kier alpha value is -1.65. The molecule has 0 aromatic carbocycles. The van der Waals surface area contributed by atoms with E-state index in [1.807, 2.05) is 19.9 Å². The third-order valence-electron chi connectivity index (χ3n) is 2.12. The van der Waals surface area contributed by atoms with Gasteiger partial charge in [0.05, 0.1) is 0 Å². The van der Waals surface area contributed by atoms with Gasteiger partial charge < -0.3 is 11.1 Å². The molecule has 0 unspecified atom stereocenters. The topological polar surface area (TPSA) is 80.9 Å². The molecule has 1 heterocycles. The van der Waals surface area contributed by atoms with Crippen molar-refractivity contribution in [2.45, 2.75) is 33.1 Å². The zero-order valence-corrected chi connectivity index (χ0v) is 9.79. The van der Waals surface area contributed by atoms with Crippen LogP contribution in [-0.2, 0) is 4.79 Å². The number of primary amides is 1. The third-order valence-corrected chi connectivity index (χ3v) is 2.12. The number of carbonyl (C=O) groups excluding carboxylic acids is 1. The van der Waals surface area contributed by atoms with Crippen LogP contribution in [-0.4, -0.2) is 22.4 Å². The van der Waals surface area contributed by atoms with Crippen LogP contribution in [0.2, 0.25) is 0 Å². The van der Waals surface area contributed by atoms with E-state index < -0.39 is 0 Å². The number of nitrogens with zero attached hydrogens (tertiary/aromatic N) is 2. The maximum atomic E-state index is 10.5. The summed E-state index contributed by atoms with van der Waals surface area (Å²) >= 11 is 0. The van der Waals surface area contributed by atoms with Crippen LogP contribution < -0.4 is 11.1 Å². The highest BCUT2D eigenvalue weighted by Crippen LogP contribution is 2.06. The van der Waals surface area contributed by atoms with Gasteiger partial charge in [0.15, 0.2) is 0 Å². The van der Waals surface area contributed by atoms with E-state index in [1.54, 1.807) is 0 Å². The van der Waals surface area contributed by atoms with Crippen molar-refractivity contribution in [2.75, 3.05) is 11.9 Å². The molecule has 5 nitrogen and oxygen atoms in total. The summed E-state index contributed by atoms with van der Waals surface area (Å²) in [6.45, 7) is 4.60. The van der Waals surface area contributed by atoms with Crippen molar-refractivity contribution in [1.82, 2.24) is 9.97 Å². The molecule has 16 heavy (non-hydrogen) atoms. The number of aryl methyl sites for hydroxylation is 2. The average molecular weight is 222 g/mol. The minimum absolute atomic E-state index is 0.242. The lowest BCUT2D eigenvalue weighted by atomic mass is 10.2. The van der Waals surface area contributed by atoms with Crippen LogP contribution >= 0.6 is 0 Å². The van der Waals surface area contributed by atoms with E-state index >= 15 is 0 Å². The number of aromatic nitrogens is 2. The summed E-state index contributed by atoms with van der Waals surface area (Å²) < 4.78 is 0. The monoisotopic (exact) mass is 222 g/mol. The lowest BCUT2D eigenvalue weighted by Crippen LogP contribution is -2.11. The number of unbranched alkanes of at least 4 members (excludes halogenated alkanes) is 1. The first-order valence-electron chi connectivity index (χ1n) is 5.42. The zero-order valence-electron chi connectivity index (χ0n) is 9.79. The Morgan fingerprint density at radius 3 is 2.75 bits per heavy atom. The molecule has 1 rings (SSSR count). The van der Waals surface area contributed by atoms with E-state index in [-0.39, 0.29) is 5.91 Å². The van der Waals surface area contributed by atoms with Gasteiger partial charge in [-0.25, -0.2) is 9.97 Å². The van der Waals surface area contributed by atoms with Crippen molar-refractivity contribution in [1.29, 1.82) is 0 Å². The molecule has 1 aromatic heterocycles. The minimum Gasteiger partial charge on any atom is -0.370 e. The van der Waals surface area contributed by atoms with Gasteiger partial charge in [-0.3, -0.25) is 4.79 Å². The van der Waals surface area contributed by atoms with Gasteiger partial charge in [0.25, 0.3) is 0 Å². The predicted molar refractivity (Wildman–Crippen MR) is 63.0 cm³/mol. The van der Waals surface area contributed by atoms with Crippen molar-refractivity contribution < 1.29 is 4.79 Å². The first kappa shape index (κ1) is 12.4. The first-order chi connectivity index (χ1) is 7.58. The summed E-state index contributed by atoms with van der Waals surface area (Å²) in [5.41, 5.74) is 6.00. The number of hydrogen-bond donors (Lipinski definition) is 2. The normalized spacial score (nSPS) is 10.1. The summed E-state index contributed by atoms with van der Waals surface area (Å²) in [5.74, 6) is 1.36. The Morgan fingerprint density at radius 2 is 2.12 bits per heavy atom. The molecule has 5 heteroatoms. The van der Waals surface area contributed by atoms with Crippen LogP contribution in [0.25, 0.3) is 0 Å². The maximum absolute atomic E-state index is 10.5. The molecule has 1 aromatic rings. The first-order valence-corrected chi connectivity index (χ1v) is 5.42. The highest BCUT2D eigenvalue weighted by molar-refractivity contribution is 5.73. The molecule has 0 saturated carbocycles. The molecule has 3 N–H and O–H groups in total. The van der Waals surface area contributed by atoms with Gasteiger partial charge in [-0.15, -0.1) is 0 Å². The molecule has 88 valence electrons. The Balaban J connectivity index is 2.29. The molecule has 0 saturated heterocycles. The molecule has 0 atom stereocenters. The van der Waals surface area contributed by atoms with E-state index in [1.165, 1.54) is 0 Å². The van der Waals surface area contributed by atoms with Crippen molar-refractivity contribution in [3.63, 3.8) is 0 Å². The second-order valence-electron chi connectivity index (χ2n) is 3.79. The minimum atomic E-state index is -0.242. The molecular weight excluding hydrogens is 204 g/mol. The highest BCUT2D eigenvalue weighted by Gasteiger charge is 1.98. The molecular formula is C11H18N4O. The molecule has 0 fully saturated rings. The predicted octanol–water partition coefficient (Wildman–Crippen LogP) is 1.16. The van der Waals surface area contributed by atoms with Crippen LogP contribution in [0.15, 0.2) is 6.07 Å². The number of rotatable bonds is 6. The van der Waals surface area contributed by atoms with Crippen molar-refractivity contribution in [3.05, 3.63) is 17.6 Å². The van der Waals surface area contributed by atoms with E-state index in [2.05, 4.69) is 15.3 Å². The van der Waals surface area contributed by atoms with E-state index in [4.69, 9.17) is 5.73 Å². The zero-order chi connectivity index (χ0) is 12.0. The number of hydrogen-bond acceptors (Lipinski definition) is 4. The molecule has 1 amide bonds. The molecule has 0 bridgehead atoms. The van der Waals surface area contributed by atoms with Crippen molar-refractivity contribution in [2.24, 2.45) is 5.73 Å². The fraction of sp³-hybridized carbons (Fsp3) is 0.545. The van der Waals surface area contributed by atoms with Gasteiger partial charge in [-0.1, -0.05) is 0 Å². The highest BCUT2D eigenvalue weighted by atomic mass is 16.1. The van der Waals surface area contributed by atoms with Gasteiger partial charge >= 0.3 is 0 Å². The fourth-order valence-electron chi connectivity index (χ4n) is 1.45. The van der Waals surface area contributed by atoms with Crippen LogP contribution in [0, 0.1) is 13.8 Å².